The number of hydrogen-bond acceptors (Lipinski definition) is 4. The summed E-state index contributed by atoms with van der Waals surface area (Å²) in [5, 5.41) is 8.66. The van der Waals surface area contributed by atoms with E-state index in [-0.39, 0.29) is 16.3 Å². The summed E-state index contributed by atoms with van der Waals surface area (Å²) in [7, 11) is 2.69. The zero-order valence-corrected chi connectivity index (χ0v) is 9.37. The van der Waals surface area contributed by atoms with Crippen molar-refractivity contribution in [3.63, 3.8) is 0 Å². The summed E-state index contributed by atoms with van der Waals surface area (Å²) < 4.78 is 9.81. The van der Waals surface area contributed by atoms with E-state index < -0.39 is 11.8 Å². The molecule has 0 aromatic heterocycles. The van der Waals surface area contributed by atoms with Crippen molar-refractivity contribution < 1.29 is 24.2 Å². The molecule has 0 amide bonds. The third kappa shape index (κ3) is 2.09. The van der Waals surface area contributed by atoms with Crippen molar-refractivity contribution in [1.29, 1.82) is 0 Å². The summed E-state index contributed by atoms with van der Waals surface area (Å²) in [5.74, 6) is -2.35. The highest BCUT2D eigenvalue weighted by Crippen LogP contribution is 2.36. The maximum Gasteiger partial charge on any atom is 0.377 e. The summed E-state index contributed by atoms with van der Waals surface area (Å²) in [5.41, 5.74) is -0.110. The Morgan fingerprint density at radius 3 is 2.31 bits per heavy atom. The van der Waals surface area contributed by atoms with Crippen molar-refractivity contribution in [2.75, 3.05) is 14.2 Å². The monoisotopic (exact) mass is 244 g/mol. The van der Waals surface area contributed by atoms with Crippen LogP contribution in [0.4, 0.5) is 0 Å². The maximum absolute atomic E-state index is 11.3. The molecular formula is C10H9ClO5. The molecule has 6 heteroatoms. The molecule has 1 rings (SSSR count). The van der Waals surface area contributed by atoms with Gasteiger partial charge in [-0.15, -0.1) is 0 Å². The average Bonchev–Trinajstić information content (AvgIpc) is 2.27. The molecule has 1 N–H and O–H groups in total. The number of hydrogen-bond donors (Lipinski definition) is 1. The number of rotatable bonds is 4. The Morgan fingerprint density at radius 2 is 1.88 bits per heavy atom. The van der Waals surface area contributed by atoms with E-state index in [1.165, 1.54) is 26.4 Å². The van der Waals surface area contributed by atoms with Gasteiger partial charge in [0.1, 0.15) is 10.8 Å². The van der Waals surface area contributed by atoms with E-state index in [0.29, 0.717) is 5.75 Å². The Kier molecular flexibility index (Phi) is 3.73. The second-order valence-electron chi connectivity index (χ2n) is 2.80. The highest BCUT2D eigenvalue weighted by Gasteiger charge is 2.23. The van der Waals surface area contributed by atoms with Crippen LogP contribution in [0.5, 0.6) is 11.5 Å². The Balaban J connectivity index is 3.37. The molecular weight excluding hydrogens is 236 g/mol. The fourth-order valence-corrected chi connectivity index (χ4v) is 1.51. The first-order chi connectivity index (χ1) is 7.52. The van der Waals surface area contributed by atoms with Crippen molar-refractivity contribution in [2.45, 2.75) is 0 Å². The fraction of sp³-hybridized carbons (Fsp3) is 0.200. The Bertz CT molecular complexity index is 441. The topological polar surface area (TPSA) is 72.8 Å². The number of benzene rings is 1. The first-order valence-corrected chi connectivity index (χ1v) is 4.58. The summed E-state index contributed by atoms with van der Waals surface area (Å²) in [6.45, 7) is 0. The predicted molar refractivity (Wildman–Crippen MR) is 56.5 cm³/mol. The lowest BCUT2D eigenvalue weighted by Gasteiger charge is -2.10. The molecule has 0 spiro atoms. The molecule has 0 unspecified atom stereocenters. The third-order valence-electron chi connectivity index (χ3n) is 1.92. The predicted octanol–water partition coefficient (Wildman–Crippen LogP) is 1.62. The van der Waals surface area contributed by atoms with Crippen molar-refractivity contribution in [3.05, 3.63) is 22.7 Å². The van der Waals surface area contributed by atoms with Crippen LogP contribution < -0.4 is 9.47 Å². The zero-order chi connectivity index (χ0) is 12.3. The van der Waals surface area contributed by atoms with Gasteiger partial charge in [0.25, 0.3) is 5.78 Å². The van der Waals surface area contributed by atoms with Gasteiger partial charge in [-0.25, -0.2) is 4.79 Å². The molecule has 1 aromatic carbocycles. The largest absolute Gasteiger partial charge is 0.495 e. The first-order valence-electron chi connectivity index (χ1n) is 4.21. The van der Waals surface area contributed by atoms with Crippen LogP contribution in [0, 0.1) is 0 Å². The van der Waals surface area contributed by atoms with E-state index in [1.54, 1.807) is 0 Å². The highest BCUT2D eigenvalue weighted by molar-refractivity contribution is 6.42. The summed E-state index contributed by atoms with van der Waals surface area (Å²) >= 11 is 5.87. The van der Waals surface area contributed by atoms with Gasteiger partial charge in [0.15, 0.2) is 5.75 Å². The number of carbonyl (C=O) groups excluding carboxylic acids is 1. The van der Waals surface area contributed by atoms with E-state index in [2.05, 4.69) is 0 Å². The molecule has 1 aromatic rings. The van der Waals surface area contributed by atoms with Crippen molar-refractivity contribution in [2.24, 2.45) is 0 Å². The smallest absolute Gasteiger partial charge is 0.377 e. The second-order valence-corrected chi connectivity index (χ2v) is 3.17. The average molecular weight is 245 g/mol. The number of Topliss-reactive ketones (excluding diaryl/α,β-unsaturated/α-hetero) is 1. The molecule has 16 heavy (non-hydrogen) atoms. The van der Waals surface area contributed by atoms with Crippen molar-refractivity contribution in [3.8, 4) is 11.5 Å². The molecule has 5 nitrogen and oxygen atoms in total. The van der Waals surface area contributed by atoms with Crippen molar-refractivity contribution >= 4 is 23.4 Å². The molecule has 0 radical (unpaired) electrons. The van der Waals surface area contributed by atoms with Crippen molar-refractivity contribution in [1.82, 2.24) is 0 Å². The molecule has 0 bridgehead atoms. The number of carboxylic acids is 1. The number of halogens is 1. The lowest BCUT2D eigenvalue weighted by atomic mass is 10.1. The van der Waals surface area contributed by atoms with Crippen LogP contribution in [0.1, 0.15) is 10.4 Å². The molecule has 0 saturated carbocycles. The van der Waals surface area contributed by atoms with Gasteiger partial charge in [-0.05, 0) is 12.1 Å². The number of ether oxygens (including phenoxy) is 2. The van der Waals surface area contributed by atoms with Gasteiger partial charge in [0.2, 0.25) is 0 Å². The molecule has 0 fully saturated rings. The van der Waals surface area contributed by atoms with E-state index in [9.17, 15) is 9.59 Å². The Labute approximate surface area is 96.5 Å². The molecule has 86 valence electrons. The number of ketones is 1. The van der Waals surface area contributed by atoms with E-state index in [1.807, 2.05) is 0 Å². The van der Waals surface area contributed by atoms with Crippen LogP contribution in [0.25, 0.3) is 0 Å². The lowest BCUT2D eigenvalue weighted by molar-refractivity contribution is -0.131. The first kappa shape index (κ1) is 12.3. The normalized spacial score (nSPS) is 9.69. The third-order valence-corrected chi connectivity index (χ3v) is 2.28. The van der Waals surface area contributed by atoms with Gasteiger partial charge < -0.3 is 14.6 Å². The van der Waals surface area contributed by atoms with Gasteiger partial charge in [-0.3, -0.25) is 4.79 Å². The van der Waals surface area contributed by atoms with Crippen LogP contribution >= 0.6 is 11.6 Å². The zero-order valence-electron chi connectivity index (χ0n) is 8.61. The number of aliphatic carboxylic acids is 1. The molecule has 0 aliphatic carbocycles. The summed E-state index contributed by atoms with van der Waals surface area (Å²) in [4.78, 5) is 21.9. The van der Waals surface area contributed by atoms with Gasteiger partial charge in [0.05, 0.1) is 19.8 Å². The van der Waals surface area contributed by atoms with Gasteiger partial charge >= 0.3 is 5.97 Å². The van der Waals surface area contributed by atoms with Gasteiger partial charge in [-0.2, -0.15) is 0 Å². The fourth-order valence-electron chi connectivity index (χ4n) is 1.19. The summed E-state index contributed by atoms with van der Waals surface area (Å²) in [6.07, 6.45) is 0. The Morgan fingerprint density at radius 1 is 1.25 bits per heavy atom. The molecule has 0 aliphatic heterocycles. The number of carbonyl (C=O) groups is 2. The maximum atomic E-state index is 11.3. The second kappa shape index (κ2) is 4.85. The molecule has 0 saturated heterocycles. The van der Waals surface area contributed by atoms with Gasteiger partial charge in [0, 0.05) is 0 Å². The SMILES string of the molecule is COc1ccc(C(=O)C(=O)O)c(OC)c1Cl. The molecule has 0 aliphatic rings. The van der Waals surface area contributed by atoms with Crippen LogP contribution in [0.15, 0.2) is 12.1 Å². The van der Waals surface area contributed by atoms with E-state index in [0.717, 1.165) is 0 Å². The Hall–Kier alpha value is -1.75. The van der Waals surface area contributed by atoms with E-state index in [4.69, 9.17) is 26.2 Å². The quantitative estimate of drug-likeness (QED) is 0.644. The minimum Gasteiger partial charge on any atom is -0.495 e. The van der Waals surface area contributed by atoms with Crippen LogP contribution in [-0.2, 0) is 4.79 Å². The van der Waals surface area contributed by atoms with E-state index >= 15 is 0 Å². The van der Waals surface area contributed by atoms with Gasteiger partial charge in [-0.1, -0.05) is 11.6 Å². The molecule has 0 heterocycles. The molecule has 0 atom stereocenters. The van der Waals surface area contributed by atoms with Crippen LogP contribution in [0.3, 0.4) is 0 Å². The standard InChI is InChI=1S/C10H9ClO5/c1-15-6-4-3-5(8(12)10(13)14)9(16-2)7(6)11/h3-4H,1-2H3,(H,13,14). The summed E-state index contributed by atoms with van der Waals surface area (Å²) in [6, 6.07) is 2.70. The van der Waals surface area contributed by atoms with Crippen LogP contribution in [0.2, 0.25) is 5.02 Å². The highest BCUT2D eigenvalue weighted by atomic mass is 35.5. The number of carboxylic acid groups (broad SMARTS) is 1. The van der Waals surface area contributed by atoms with Crippen LogP contribution in [-0.4, -0.2) is 31.1 Å². The minimum absolute atomic E-state index is 0.00610. The lowest BCUT2D eigenvalue weighted by Crippen LogP contribution is -2.14. The number of methoxy groups -OCH3 is 2. The minimum atomic E-state index is -1.57.